The molecule has 1 nitrogen and oxygen atoms in total. The Bertz CT molecular complexity index is 475. The zero-order chi connectivity index (χ0) is 21.8. The van der Waals surface area contributed by atoms with Gasteiger partial charge in [0.05, 0.1) is 20.1 Å². The molecule has 0 spiro atoms. The summed E-state index contributed by atoms with van der Waals surface area (Å²) in [4.78, 5) is 0. The lowest BCUT2D eigenvalue weighted by atomic mass is 10.0. The maximum atomic E-state index is 2.46. The van der Waals surface area contributed by atoms with Crippen molar-refractivity contribution < 1.29 is 21.5 Å². The molecule has 182 valence electrons. The van der Waals surface area contributed by atoms with Gasteiger partial charge in [0.15, 0.2) is 0 Å². The monoisotopic (exact) mass is 495 g/mol. The van der Waals surface area contributed by atoms with Gasteiger partial charge in [-0.15, -0.1) is 0 Å². The Morgan fingerprint density at radius 3 is 1.35 bits per heavy atom. The van der Waals surface area contributed by atoms with Gasteiger partial charge < -0.3 is 21.5 Å². The molecule has 1 unspecified atom stereocenters. The van der Waals surface area contributed by atoms with Crippen molar-refractivity contribution >= 4 is 0 Å². The number of hydrogen-bond donors (Lipinski definition) is 0. The highest BCUT2D eigenvalue weighted by Gasteiger charge is 2.20. The molecule has 0 aromatic heterocycles. The van der Waals surface area contributed by atoms with Crippen molar-refractivity contribution in [3.63, 3.8) is 0 Å². The summed E-state index contributed by atoms with van der Waals surface area (Å²) >= 11 is 0. The first-order valence-corrected chi connectivity index (χ1v) is 13.6. The molecule has 2 heteroatoms. The molecule has 0 bridgehead atoms. The standard InChI is InChI=1S/C29H54N.BrH/c1-4-6-7-8-9-10-11-12-13-14-15-16-17-18-19-23-27-30(3,26-5-2)28-29-24-21-20-22-25-29;/h20-22,24-25H,4-19,23,26-28H2,1-3H3;1H/q+1;/p-1. The van der Waals surface area contributed by atoms with Gasteiger partial charge in [-0.2, -0.15) is 0 Å². The molecule has 0 saturated heterocycles. The van der Waals surface area contributed by atoms with Gasteiger partial charge in [0.25, 0.3) is 0 Å². The van der Waals surface area contributed by atoms with Crippen LogP contribution in [0.1, 0.15) is 129 Å². The highest BCUT2D eigenvalue weighted by molar-refractivity contribution is 5.13. The van der Waals surface area contributed by atoms with Crippen molar-refractivity contribution in [2.45, 2.75) is 130 Å². The van der Waals surface area contributed by atoms with Gasteiger partial charge in [-0.1, -0.05) is 134 Å². The van der Waals surface area contributed by atoms with Gasteiger partial charge in [0, 0.05) is 5.56 Å². The largest absolute Gasteiger partial charge is 1.00 e. The van der Waals surface area contributed by atoms with Crippen molar-refractivity contribution in [2.75, 3.05) is 20.1 Å². The topological polar surface area (TPSA) is 0 Å². The van der Waals surface area contributed by atoms with Gasteiger partial charge >= 0.3 is 0 Å². The smallest absolute Gasteiger partial charge is 0.104 e. The van der Waals surface area contributed by atoms with Gasteiger partial charge in [-0.3, -0.25) is 0 Å². The maximum absolute atomic E-state index is 2.46. The summed E-state index contributed by atoms with van der Waals surface area (Å²) in [5, 5.41) is 0. The number of halogens is 1. The van der Waals surface area contributed by atoms with E-state index in [1.807, 2.05) is 0 Å². The Hall–Kier alpha value is -0.340. The van der Waals surface area contributed by atoms with E-state index in [1.165, 1.54) is 139 Å². The van der Waals surface area contributed by atoms with Crippen LogP contribution < -0.4 is 17.0 Å². The third-order valence-corrected chi connectivity index (χ3v) is 6.72. The third kappa shape index (κ3) is 17.8. The SMILES string of the molecule is CCCCCCCCCCCCCCCCCC[N+](C)(CCC)Cc1ccccc1.[Br-]. The Balaban J connectivity index is 0.00000900. The van der Waals surface area contributed by atoms with Gasteiger partial charge in [0.1, 0.15) is 6.54 Å². The normalized spacial score (nSPS) is 13.0. The summed E-state index contributed by atoms with van der Waals surface area (Å²) < 4.78 is 1.21. The van der Waals surface area contributed by atoms with Crippen LogP contribution in [0.3, 0.4) is 0 Å². The zero-order valence-electron chi connectivity index (χ0n) is 21.4. The molecule has 0 heterocycles. The quantitative estimate of drug-likeness (QED) is 0.138. The molecule has 1 atom stereocenters. The Kier molecular flexibility index (Phi) is 21.3. The molecular weight excluding hydrogens is 442 g/mol. The molecule has 1 aromatic carbocycles. The van der Waals surface area contributed by atoms with Gasteiger partial charge in [0.2, 0.25) is 0 Å². The number of hydrogen-bond acceptors (Lipinski definition) is 0. The van der Waals surface area contributed by atoms with Crippen LogP contribution >= 0.6 is 0 Å². The lowest BCUT2D eigenvalue weighted by molar-refractivity contribution is -0.922. The Labute approximate surface area is 206 Å². The molecule has 0 radical (unpaired) electrons. The molecule has 0 amide bonds. The maximum Gasteiger partial charge on any atom is 0.104 e. The predicted molar refractivity (Wildman–Crippen MR) is 136 cm³/mol. The number of unbranched alkanes of at least 4 members (excludes halogenated alkanes) is 15. The van der Waals surface area contributed by atoms with E-state index in [-0.39, 0.29) is 17.0 Å². The van der Waals surface area contributed by atoms with Crippen molar-refractivity contribution in [3.05, 3.63) is 35.9 Å². The first-order valence-electron chi connectivity index (χ1n) is 13.6. The van der Waals surface area contributed by atoms with E-state index in [9.17, 15) is 0 Å². The first kappa shape index (κ1) is 30.7. The van der Waals surface area contributed by atoms with E-state index < -0.39 is 0 Å². The number of benzene rings is 1. The molecule has 0 aliphatic carbocycles. The molecule has 0 N–H and O–H groups in total. The fourth-order valence-corrected chi connectivity index (χ4v) is 4.88. The summed E-state index contributed by atoms with van der Waals surface area (Å²) in [6.07, 6.45) is 24.5. The third-order valence-electron chi connectivity index (χ3n) is 6.72. The van der Waals surface area contributed by atoms with Crippen molar-refractivity contribution in [2.24, 2.45) is 0 Å². The second-order valence-electron chi connectivity index (χ2n) is 10.0. The minimum absolute atomic E-state index is 0. The van der Waals surface area contributed by atoms with E-state index in [2.05, 4.69) is 51.2 Å². The minimum Gasteiger partial charge on any atom is -1.00 e. The van der Waals surface area contributed by atoms with Crippen LogP contribution in [0.2, 0.25) is 0 Å². The van der Waals surface area contributed by atoms with E-state index >= 15 is 0 Å². The Morgan fingerprint density at radius 2 is 0.935 bits per heavy atom. The first-order chi connectivity index (χ1) is 14.7. The van der Waals surface area contributed by atoms with Crippen LogP contribution in [-0.4, -0.2) is 24.6 Å². The van der Waals surface area contributed by atoms with Gasteiger partial charge in [-0.05, 0) is 19.3 Å². The highest BCUT2D eigenvalue weighted by atomic mass is 79.9. The van der Waals surface area contributed by atoms with E-state index in [0.29, 0.717) is 0 Å². The highest BCUT2D eigenvalue weighted by Crippen LogP contribution is 2.17. The second-order valence-corrected chi connectivity index (χ2v) is 10.0. The van der Waals surface area contributed by atoms with Crippen LogP contribution in [-0.2, 0) is 6.54 Å². The molecule has 1 aromatic rings. The van der Waals surface area contributed by atoms with Crippen LogP contribution in [0.25, 0.3) is 0 Å². The average Bonchev–Trinajstić information content (AvgIpc) is 2.74. The number of rotatable bonds is 21. The molecule has 0 saturated carbocycles. The van der Waals surface area contributed by atoms with Crippen molar-refractivity contribution in [1.29, 1.82) is 0 Å². The zero-order valence-corrected chi connectivity index (χ0v) is 22.9. The summed E-state index contributed by atoms with van der Waals surface area (Å²) in [6, 6.07) is 11.1. The van der Waals surface area contributed by atoms with E-state index in [0.717, 1.165) is 0 Å². The van der Waals surface area contributed by atoms with Crippen LogP contribution in [0.4, 0.5) is 0 Å². The van der Waals surface area contributed by atoms with Crippen LogP contribution in [0.15, 0.2) is 30.3 Å². The fraction of sp³-hybridized carbons (Fsp3) is 0.793. The van der Waals surface area contributed by atoms with Gasteiger partial charge in [-0.25, -0.2) is 0 Å². The average molecular weight is 497 g/mol. The molecule has 0 aliphatic heterocycles. The lowest BCUT2D eigenvalue weighted by Crippen LogP contribution is -3.00. The number of quaternary nitrogens is 1. The molecule has 0 aliphatic rings. The molecular formula is C29H54BrN. The number of nitrogens with zero attached hydrogens (tertiary/aromatic N) is 1. The fourth-order valence-electron chi connectivity index (χ4n) is 4.88. The summed E-state index contributed by atoms with van der Waals surface area (Å²) in [6.45, 7) is 8.45. The molecule has 31 heavy (non-hydrogen) atoms. The van der Waals surface area contributed by atoms with E-state index in [4.69, 9.17) is 0 Å². The van der Waals surface area contributed by atoms with Crippen LogP contribution in [0, 0.1) is 0 Å². The molecule has 1 rings (SSSR count). The summed E-state index contributed by atoms with van der Waals surface area (Å²) in [5.41, 5.74) is 1.49. The Morgan fingerprint density at radius 1 is 0.516 bits per heavy atom. The molecule has 0 fully saturated rings. The predicted octanol–water partition coefficient (Wildman–Crippen LogP) is 6.31. The van der Waals surface area contributed by atoms with E-state index in [1.54, 1.807) is 0 Å². The van der Waals surface area contributed by atoms with Crippen molar-refractivity contribution in [3.8, 4) is 0 Å². The second kappa shape index (κ2) is 21.5. The minimum atomic E-state index is 0. The van der Waals surface area contributed by atoms with Crippen LogP contribution in [0.5, 0.6) is 0 Å². The van der Waals surface area contributed by atoms with Crippen molar-refractivity contribution in [1.82, 2.24) is 0 Å². The summed E-state index contributed by atoms with van der Waals surface area (Å²) in [7, 11) is 2.46. The lowest BCUT2D eigenvalue weighted by Gasteiger charge is -2.34. The summed E-state index contributed by atoms with van der Waals surface area (Å²) in [5.74, 6) is 0.